The van der Waals surface area contributed by atoms with Crippen LogP contribution in [0.4, 0.5) is 16.2 Å². The molecule has 0 aliphatic heterocycles. The summed E-state index contributed by atoms with van der Waals surface area (Å²) in [5.41, 5.74) is 3.61. The molecule has 0 aromatic heterocycles. The van der Waals surface area contributed by atoms with E-state index in [9.17, 15) is 9.59 Å². The molecule has 4 aromatic carbocycles. The molecule has 0 fully saturated rings. The van der Waals surface area contributed by atoms with Gasteiger partial charge in [0.05, 0.1) is 25.3 Å². The summed E-state index contributed by atoms with van der Waals surface area (Å²) in [5, 5.41) is 3.06. The minimum Gasteiger partial charge on any atom is -0.492 e. The maximum Gasteiger partial charge on any atom is 0.326 e. The highest BCUT2D eigenvalue weighted by Crippen LogP contribution is 2.32. The maximum atomic E-state index is 13.7. The first-order valence-corrected chi connectivity index (χ1v) is 14.7. The summed E-state index contributed by atoms with van der Waals surface area (Å²) in [4.78, 5) is 29.3. The van der Waals surface area contributed by atoms with Crippen LogP contribution in [0.1, 0.15) is 31.4 Å². The summed E-state index contributed by atoms with van der Waals surface area (Å²) in [6.07, 6.45) is 1.93. The highest BCUT2D eigenvalue weighted by atomic mass is 32.2. The first-order chi connectivity index (χ1) is 20.1. The van der Waals surface area contributed by atoms with Gasteiger partial charge >= 0.3 is 12.0 Å². The molecule has 0 aliphatic carbocycles. The molecule has 0 bridgehead atoms. The Morgan fingerprint density at radius 2 is 1.54 bits per heavy atom. The fraction of sp³-hybridized carbons (Fsp3) is 0.235. The Labute approximate surface area is 246 Å². The van der Waals surface area contributed by atoms with Gasteiger partial charge in [0.1, 0.15) is 5.75 Å². The van der Waals surface area contributed by atoms with Crippen LogP contribution in [-0.2, 0) is 22.4 Å². The fourth-order valence-electron chi connectivity index (χ4n) is 4.37. The van der Waals surface area contributed by atoms with Crippen LogP contribution in [0, 0.1) is 0 Å². The van der Waals surface area contributed by atoms with Crippen LogP contribution in [0.25, 0.3) is 0 Å². The molecule has 41 heavy (non-hydrogen) atoms. The second-order valence-corrected chi connectivity index (χ2v) is 10.5. The van der Waals surface area contributed by atoms with E-state index in [1.54, 1.807) is 23.6 Å². The number of anilines is 2. The molecule has 1 N–H and O–H groups in total. The van der Waals surface area contributed by atoms with Crippen LogP contribution >= 0.6 is 11.8 Å². The summed E-state index contributed by atoms with van der Waals surface area (Å²) in [7, 11) is 0. The van der Waals surface area contributed by atoms with Gasteiger partial charge < -0.3 is 14.8 Å². The van der Waals surface area contributed by atoms with Gasteiger partial charge in [-0.25, -0.2) is 4.79 Å². The number of para-hydroxylation sites is 2. The van der Waals surface area contributed by atoms with Gasteiger partial charge in [-0.1, -0.05) is 72.4 Å². The summed E-state index contributed by atoms with van der Waals surface area (Å²) in [5.74, 6) is 0.415. The molecule has 0 heterocycles. The molecular weight excluding hydrogens is 532 g/mol. The van der Waals surface area contributed by atoms with E-state index in [0.29, 0.717) is 31.2 Å². The van der Waals surface area contributed by atoms with Gasteiger partial charge in [0.25, 0.3) is 0 Å². The first kappa shape index (κ1) is 29.7. The van der Waals surface area contributed by atoms with Crippen molar-refractivity contribution in [3.63, 3.8) is 0 Å². The molecule has 0 saturated carbocycles. The number of rotatable bonds is 13. The van der Waals surface area contributed by atoms with Crippen LogP contribution in [-0.4, -0.2) is 31.8 Å². The number of nitrogens with zero attached hydrogens (tertiary/aromatic N) is 1. The van der Waals surface area contributed by atoms with Gasteiger partial charge in [-0.3, -0.25) is 9.69 Å². The Bertz CT molecular complexity index is 1410. The molecule has 7 heteroatoms. The van der Waals surface area contributed by atoms with Crippen LogP contribution < -0.4 is 15.0 Å². The van der Waals surface area contributed by atoms with E-state index in [4.69, 9.17) is 9.47 Å². The third-order valence-electron chi connectivity index (χ3n) is 6.31. The van der Waals surface area contributed by atoms with Crippen molar-refractivity contribution in [2.75, 3.05) is 30.0 Å². The van der Waals surface area contributed by atoms with E-state index in [1.807, 2.05) is 97.9 Å². The third-order valence-corrected chi connectivity index (χ3v) is 7.30. The van der Waals surface area contributed by atoms with Gasteiger partial charge in [-0.05, 0) is 80.3 Å². The second-order valence-electron chi connectivity index (χ2n) is 9.33. The molecule has 212 valence electrons. The minimum atomic E-state index is -0.227. The highest BCUT2D eigenvalue weighted by Gasteiger charge is 2.18. The molecule has 0 radical (unpaired) electrons. The zero-order valence-electron chi connectivity index (χ0n) is 23.5. The van der Waals surface area contributed by atoms with E-state index < -0.39 is 0 Å². The molecule has 0 saturated heterocycles. The maximum absolute atomic E-state index is 13.7. The van der Waals surface area contributed by atoms with Crippen molar-refractivity contribution < 1.29 is 19.1 Å². The summed E-state index contributed by atoms with van der Waals surface area (Å²) in [6.45, 7) is 5.17. The largest absolute Gasteiger partial charge is 0.492 e. The Hall–Kier alpha value is -4.23. The Morgan fingerprint density at radius 1 is 0.780 bits per heavy atom. The van der Waals surface area contributed by atoms with Crippen molar-refractivity contribution in [3.05, 3.63) is 114 Å². The first-order valence-electron chi connectivity index (χ1n) is 13.9. The zero-order chi connectivity index (χ0) is 28.9. The summed E-state index contributed by atoms with van der Waals surface area (Å²) in [6, 6.07) is 33.5. The molecule has 4 aromatic rings. The number of carbonyl (C=O) groups is 2. The Morgan fingerprint density at radius 3 is 2.29 bits per heavy atom. The summed E-state index contributed by atoms with van der Waals surface area (Å²) >= 11 is 1.61. The lowest BCUT2D eigenvalue weighted by molar-refractivity contribution is -0.142. The van der Waals surface area contributed by atoms with Crippen molar-refractivity contribution in [1.29, 1.82) is 0 Å². The predicted octanol–water partition coefficient (Wildman–Crippen LogP) is 8.01. The second kappa shape index (κ2) is 15.5. The molecule has 4 rings (SSSR count). The highest BCUT2D eigenvalue weighted by molar-refractivity contribution is 7.99. The van der Waals surface area contributed by atoms with Crippen molar-refractivity contribution in [2.45, 2.75) is 42.9 Å². The lowest BCUT2D eigenvalue weighted by Gasteiger charge is -2.24. The predicted molar refractivity (Wildman–Crippen MR) is 166 cm³/mol. The van der Waals surface area contributed by atoms with Crippen LogP contribution in [0.3, 0.4) is 0 Å². The number of hydrogen-bond acceptors (Lipinski definition) is 5. The number of nitrogens with one attached hydrogen (secondary N) is 1. The lowest BCUT2D eigenvalue weighted by Crippen LogP contribution is -2.36. The SMILES string of the molecule is CCOC(=O)Cc1ccc(Sc2cccc(N(CCCc3ccccc3)C(=O)Nc3ccccc3OCC)c2)cc1. The van der Waals surface area contributed by atoms with Crippen molar-refractivity contribution in [3.8, 4) is 5.75 Å². The number of aryl methyl sites for hydroxylation is 1. The van der Waals surface area contributed by atoms with E-state index in [0.717, 1.165) is 33.9 Å². The van der Waals surface area contributed by atoms with Gasteiger partial charge in [0, 0.05) is 22.0 Å². The number of ether oxygens (including phenoxy) is 2. The topological polar surface area (TPSA) is 67.9 Å². The monoisotopic (exact) mass is 568 g/mol. The van der Waals surface area contributed by atoms with Gasteiger partial charge in [0.2, 0.25) is 0 Å². The average molecular weight is 569 g/mol. The van der Waals surface area contributed by atoms with E-state index in [2.05, 4.69) is 17.4 Å². The number of amides is 2. The smallest absolute Gasteiger partial charge is 0.326 e. The quantitative estimate of drug-likeness (QED) is 0.166. The van der Waals surface area contributed by atoms with Crippen LogP contribution in [0.2, 0.25) is 0 Å². The van der Waals surface area contributed by atoms with Crippen LogP contribution in [0.5, 0.6) is 5.75 Å². The van der Waals surface area contributed by atoms with E-state index in [-0.39, 0.29) is 18.4 Å². The number of esters is 1. The molecule has 2 amide bonds. The summed E-state index contributed by atoms with van der Waals surface area (Å²) < 4.78 is 10.8. The zero-order valence-corrected chi connectivity index (χ0v) is 24.4. The van der Waals surface area contributed by atoms with Crippen molar-refractivity contribution >= 4 is 35.1 Å². The third kappa shape index (κ3) is 9.15. The molecule has 0 aliphatic rings. The van der Waals surface area contributed by atoms with Crippen molar-refractivity contribution in [1.82, 2.24) is 0 Å². The van der Waals surface area contributed by atoms with Crippen LogP contribution in [0.15, 0.2) is 113 Å². The Balaban J connectivity index is 1.51. The number of benzene rings is 4. The number of urea groups is 1. The van der Waals surface area contributed by atoms with Gasteiger partial charge in [-0.2, -0.15) is 0 Å². The molecule has 0 unspecified atom stereocenters. The number of hydrogen-bond donors (Lipinski definition) is 1. The molecule has 6 nitrogen and oxygen atoms in total. The van der Waals surface area contributed by atoms with E-state index >= 15 is 0 Å². The van der Waals surface area contributed by atoms with Crippen molar-refractivity contribution in [2.24, 2.45) is 0 Å². The molecular formula is C34H36N2O4S. The van der Waals surface area contributed by atoms with E-state index in [1.165, 1.54) is 5.56 Å². The fourth-order valence-corrected chi connectivity index (χ4v) is 5.24. The minimum absolute atomic E-state index is 0.212. The molecule has 0 atom stereocenters. The van der Waals surface area contributed by atoms with Gasteiger partial charge in [-0.15, -0.1) is 0 Å². The Kier molecular flexibility index (Phi) is 11.3. The lowest BCUT2D eigenvalue weighted by atomic mass is 10.1. The standard InChI is InChI=1S/C34H36N2O4S/c1-3-39-32-18-9-8-17-31(32)35-34(38)36(23-11-14-26-12-6-5-7-13-26)28-15-10-16-30(25-28)41-29-21-19-27(20-22-29)24-33(37)40-4-2/h5-10,12-13,15-22,25H,3-4,11,14,23-24H2,1-2H3,(H,35,38). The molecule has 0 spiro atoms. The van der Waals surface area contributed by atoms with Gasteiger partial charge in [0.15, 0.2) is 0 Å². The number of carbonyl (C=O) groups excluding carboxylic acids is 2. The average Bonchev–Trinajstić information content (AvgIpc) is 2.98. The normalized spacial score (nSPS) is 10.6.